The third kappa shape index (κ3) is 16.0. The summed E-state index contributed by atoms with van der Waals surface area (Å²) in [6.07, 6.45) is 10.4. The molecule has 8 heterocycles. The maximum absolute atomic E-state index is 13.0. The number of aryl methyl sites for hydroxylation is 2. The normalized spacial score (nSPS) is 16.0. The summed E-state index contributed by atoms with van der Waals surface area (Å²) >= 11 is -1.50. The maximum Gasteiger partial charge on any atom is 0.410 e. The smallest absolute Gasteiger partial charge is 0.410 e. The number of ether oxygens (including phenoxy) is 2. The lowest BCUT2D eigenvalue weighted by molar-refractivity contribution is 0.0689. The van der Waals surface area contributed by atoms with Crippen molar-refractivity contribution in [2.24, 2.45) is 10.9 Å². The van der Waals surface area contributed by atoms with E-state index in [0.29, 0.717) is 47.8 Å². The Morgan fingerprint density at radius 3 is 1.41 bits per heavy atom. The number of nitrogens with zero attached hydrogens (tertiary/aromatic N) is 12. The van der Waals surface area contributed by atoms with E-state index in [0.717, 1.165) is 92.6 Å². The largest absolute Gasteiger partial charge is 0.445 e. The van der Waals surface area contributed by atoms with Crippen molar-refractivity contribution in [3.63, 3.8) is 0 Å². The van der Waals surface area contributed by atoms with Crippen LogP contribution in [0.2, 0.25) is 0 Å². The highest BCUT2D eigenvalue weighted by Crippen LogP contribution is 2.36. The van der Waals surface area contributed by atoms with Crippen molar-refractivity contribution in [3.8, 4) is 33.9 Å². The summed E-state index contributed by atoms with van der Waals surface area (Å²) < 4.78 is 48.4. The summed E-state index contributed by atoms with van der Waals surface area (Å²) in [6, 6.07) is 46.5. The number of likely N-dealkylation sites (tertiary alicyclic amines) is 2. The number of hydrogen-bond acceptors (Lipinski definition) is 18. The van der Waals surface area contributed by atoms with Crippen LogP contribution >= 0.6 is 0 Å². The fourth-order valence-electron chi connectivity index (χ4n) is 10.9. The van der Waals surface area contributed by atoms with Crippen molar-refractivity contribution in [1.82, 2.24) is 48.8 Å². The van der Waals surface area contributed by atoms with Crippen molar-refractivity contribution in [2.45, 2.75) is 90.8 Å². The summed E-state index contributed by atoms with van der Waals surface area (Å²) in [7, 11) is 0. The summed E-state index contributed by atoms with van der Waals surface area (Å²) in [5.41, 5.74) is 16.5. The second-order valence-electron chi connectivity index (χ2n) is 21.7. The quantitative estimate of drug-likeness (QED) is 0.0274. The summed E-state index contributed by atoms with van der Waals surface area (Å²) in [5, 5.41) is 21.0. The van der Waals surface area contributed by atoms with Crippen molar-refractivity contribution in [2.75, 3.05) is 23.7 Å². The third-order valence-electron chi connectivity index (χ3n) is 15.6. The highest BCUT2D eigenvalue weighted by Gasteiger charge is 2.33. The first-order valence-electron chi connectivity index (χ1n) is 29.2. The number of rotatable bonds is 13. The number of fused-ring (bicyclic) bond motifs is 2. The molecule has 12 rings (SSSR count). The van der Waals surface area contributed by atoms with Crippen molar-refractivity contribution < 1.29 is 41.1 Å². The minimum atomic E-state index is -0.750. The lowest BCUT2D eigenvalue weighted by atomic mass is 10.00. The van der Waals surface area contributed by atoms with Gasteiger partial charge in [-0.05, 0) is 118 Å². The van der Waals surface area contributed by atoms with Gasteiger partial charge < -0.3 is 50.3 Å². The molecule has 2 aliphatic heterocycles. The average Bonchev–Trinajstić information content (AvgIpc) is 1.70. The predicted molar refractivity (Wildman–Crippen MR) is 349 cm³/mol. The van der Waals surface area contributed by atoms with Crippen LogP contribution in [0, 0.1) is 20.4 Å². The molecule has 470 valence electrons. The number of amides is 2. The van der Waals surface area contributed by atoms with E-state index in [-0.39, 0.29) is 55.4 Å². The van der Waals surface area contributed by atoms with Crippen molar-refractivity contribution in [1.29, 1.82) is 0 Å². The van der Waals surface area contributed by atoms with E-state index in [4.69, 9.17) is 53.6 Å². The van der Waals surface area contributed by atoms with Gasteiger partial charge in [0.1, 0.15) is 24.6 Å². The van der Waals surface area contributed by atoms with Crippen LogP contribution in [0.15, 0.2) is 176 Å². The fourth-order valence-corrected chi connectivity index (χ4v) is 10.9. The van der Waals surface area contributed by atoms with Gasteiger partial charge in [0.15, 0.2) is 5.84 Å². The van der Waals surface area contributed by atoms with Crippen LogP contribution in [0.25, 0.3) is 60.8 Å². The molecule has 6 aromatic heterocycles. The summed E-state index contributed by atoms with van der Waals surface area (Å²) in [5.74, 6) is 1.24. The van der Waals surface area contributed by atoms with E-state index in [1.165, 1.54) is 0 Å². The van der Waals surface area contributed by atoms with Gasteiger partial charge in [0, 0.05) is 89.9 Å². The zero-order valence-electron chi connectivity index (χ0n) is 50.6. The standard InChI is InChI=1S/C33H34N8O3.C33H31N7O2.2O2S/c1-21-17-35-32(36-24-14-13-22(2)40(18-24)33(42)44-20-23-9-5-3-6-10-23)38-29(21)27-19-41(25-11-7-4-8-12-25)31-26(27)15-16-28(37-31)30(34)39-43;1-22-18-35-32(36-25-15-14-23(2)39(19-25)33(41)42-21-24-10-6-4-7-11-24)38-30(22)28-20-40(26-12-8-5-9-13-26)31-27(28)16-17-29(34-3)37-31;2*1-3-2/h3-12,15-17,19,22,24,43H,13-14,18,20H2,1-2H3,(H2,34,39)(H,35,36,38);4-13,16-18,20,23,25H,14-15,19,21H2,1-2H3,(H,35,36,38);;/t22-,24-;23-,25-;;/m00../s1. The van der Waals surface area contributed by atoms with Crippen LogP contribution in [0.3, 0.4) is 0 Å². The second kappa shape index (κ2) is 31.4. The lowest BCUT2D eigenvalue weighted by Gasteiger charge is -2.37. The molecule has 92 heavy (non-hydrogen) atoms. The van der Waals surface area contributed by atoms with Gasteiger partial charge in [-0.25, -0.2) is 34.5 Å². The number of aromatic nitrogens is 8. The number of carbonyl (C=O) groups excluding carboxylic acids is 2. The number of pyridine rings is 2. The first kappa shape index (κ1) is 65.4. The molecule has 24 nitrogen and oxygen atoms in total. The topological polar surface area (TPSA) is 302 Å². The molecule has 4 atom stereocenters. The van der Waals surface area contributed by atoms with Gasteiger partial charge >= 0.3 is 35.3 Å². The fraction of sp³-hybridized carbons (Fsp3) is 0.242. The molecule has 0 bridgehead atoms. The molecule has 10 aromatic rings. The van der Waals surface area contributed by atoms with Crippen LogP contribution in [0.5, 0.6) is 0 Å². The van der Waals surface area contributed by atoms with Gasteiger partial charge in [-0.15, -0.1) is 4.98 Å². The van der Waals surface area contributed by atoms with Crippen LogP contribution in [-0.4, -0.2) is 126 Å². The molecule has 4 aromatic carbocycles. The zero-order valence-corrected chi connectivity index (χ0v) is 52.2. The Morgan fingerprint density at radius 2 is 1.00 bits per heavy atom. The molecule has 5 N–H and O–H groups in total. The highest BCUT2D eigenvalue weighted by atomic mass is 32.1. The van der Waals surface area contributed by atoms with E-state index in [2.05, 4.69) is 42.5 Å². The highest BCUT2D eigenvalue weighted by molar-refractivity contribution is 7.52. The number of piperidine rings is 2. The minimum Gasteiger partial charge on any atom is -0.445 e. The van der Waals surface area contributed by atoms with E-state index in [9.17, 15) is 14.8 Å². The van der Waals surface area contributed by atoms with E-state index in [1.807, 2.05) is 182 Å². The molecule has 2 saturated heterocycles. The van der Waals surface area contributed by atoms with Crippen LogP contribution < -0.4 is 16.4 Å². The number of benzene rings is 4. The SMILES string of the molecule is Cc1cnc(N[C@H]2CC[C@H](C)N(C(=O)OCc3ccccc3)C2)nc1-c1cn(-c2ccccc2)c2nc(/C(N)=N/O)ccc12.O=S=O.O=S=O.[C-]#[N+]c1ccc2c(-c3nc(N[C@H]4CC[C@H](C)N(C(=O)OCc5ccccc5)C4)ncc3C)cn(-c3ccccc3)c2n1. The molecule has 0 aliphatic carbocycles. The Balaban J connectivity index is 0.000000201. The van der Waals surface area contributed by atoms with E-state index in [1.54, 1.807) is 28.1 Å². The van der Waals surface area contributed by atoms with Crippen LogP contribution in [0.4, 0.5) is 27.3 Å². The second-order valence-corrected chi connectivity index (χ2v) is 22.0. The van der Waals surface area contributed by atoms with Crippen LogP contribution in [0.1, 0.15) is 67.5 Å². The van der Waals surface area contributed by atoms with Crippen LogP contribution in [-0.2, 0) is 45.8 Å². The molecule has 0 saturated carbocycles. The molecule has 2 aliphatic rings. The number of nitrogens with one attached hydrogen (secondary N) is 2. The summed E-state index contributed by atoms with van der Waals surface area (Å²) in [6.45, 7) is 17.0. The Morgan fingerprint density at radius 1 is 0.598 bits per heavy atom. The molecule has 0 unspecified atom stereocenters. The van der Waals surface area contributed by atoms with Gasteiger partial charge in [0.05, 0.1) is 16.8 Å². The Hall–Kier alpha value is -11.0. The van der Waals surface area contributed by atoms with E-state index < -0.39 is 23.1 Å². The van der Waals surface area contributed by atoms with Gasteiger partial charge in [0.25, 0.3) is 5.82 Å². The number of hydrogen-bond donors (Lipinski definition) is 4. The molecular weight excluding hydrogens is 1210 g/mol. The van der Waals surface area contributed by atoms with Gasteiger partial charge in [-0.1, -0.05) is 115 Å². The average molecular weight is 1280 g/mol. The Kier molecular flexibility index (Phi) is 22.3. The van der Waals surface area contributed by atoms with E-state index >= 15 is 0 Å². The number of oxime groups is 1. The van der Waals surface area contributed by atoms with Crippen molar-refractivity contribution in [3.05, 3.63) is 210 Å². The lowest BCUT2D eigenvalue weighted by Crippen LogP contribution is -2.50. The zero-order chi connectivity index (χ0) is 65.1. The van der Waals surface area contributed by atoms with Crippen molar-refractivity contribution >= 4 is 80.9 Å². The van der Waals surface area contributed by atoms with Gasteiger partial charge in [-0.2, -0.15) is 16.8 Å². The monoisotopic (exact) mass is 1280 g/mol. The Labute approximate surface area is 537 Å². The third-order valence-corrected chi connectivity index (χ3v) is 15.6. The molecule has 26 heteroatoms. The maximum atomic E-state index is 13.0. The predicted octanol–water partition coefficient (Wildman–Crippen LogP) is 11.1. The molecule has 2 fully saturated rings. The van der Waals surface area contributed by atoms with Gasteiger partial charge in [0.2, 0.25) is 17.5 Å². The molecule has 0 radical (unpaired) electrons. The Bertz CT molecular complexity index is 4320. The van der Waals surface area contributed by atoms with Gasteiger partial charge in [-0.3, -0.25) is 4.57 Å². The first-order chi connectivity index (χ1) is 44.7. The first-order valence-corrected chi connectivity index (χ1v) is 30.6. The number of amidine groups is 1. The minimum absolute atomic E-state index is 0.0189. The molecular formula is C66H65N15O9S2. The number of anilines is 2. The number of para-hydroxylation sites is 2. The number of nitrogens with two attached hydrogens (primary N) is 1. The number of carbonyl (C=O) groups is 2. The summed E-state index contributed by atoms with van der Waals surface area (Å²) in [4.78, 5) is 61.5. The molecule has 2 amide bonds. The molecule has 0 spiro atoms.